The van der Waals surface area contributed by atoms with Gasteiger partial charge in [-0.1, -0.05) is 11.6 Å². The van der Waals surface area contributed by atoms with E-state index in [1.54, 1.807) is 13.8 Å². The number of rotatable bonds is 10. The third kappa shape index (κ3) is 7.18. The first-order chi connectivity index (χ1) is 11.1. The minimum atomic E-state index is -3.34. The normalized spacial score (nSPS) is 21.0. The molecular weight excluding hydrogens is 313 g/mol. The second kappa shape index (κ2) is 11.0. The number of hydrogen-bond acceptors (Lipinski definition) is 5. The molecule has 0 aliphatic carbocycles. The van der Waals surface area contributed by atoms with Crippen molar-refractivity contribution in [1.82, 2.24) is 0 Å². The van der Waals surface area contributed by atoms with E-state index in [9.17, 15) is 9.83 Å². The van der Waals surface area contributed by atoms with Crippen molar-refractivity contribution >= 4 is 7.60 Å². The topological polar surface area (TPSA) is 68.5 Å². The van der Waals surface area contributed by atoms with Gasteiger partial charge < -0.3 is 13.8 Å². The fraction of sp³-hybridized carbons (Fsp3) is 0.824. The molecule has 2 atom stereocenters. The number of hydrogen-bond donors (Lipinski definition) is 0. The number of nitriles is 1. The summed E-state index contributed by atoms with van der Waals surface area (Å²) >= 11 is 0. The van der Waals surface area contributed by atoms with Gasteiger partial charge in [-0.15, -0.1) is 0 Å². The third-order valence-corrected chi connectivity index (χ3v) is 6.28. The van der Waals surface area contributed by atoms with Crippen molar-refractivity contribution < 1.29 is 18.3 Å². The van der Waals surface area contributed by atoms with Gasteiger partial charge in [-0.2, -0.15) is 5.26 Å². The Kier molecular flexibility index (Phi) is 9.74. The van der Waals surface area contributed by atoms with E-state index in [-0.39, 0.29) is 13.2 Å². The zero-order valence-electron chi connectivity index (χ0n) is 14.6. The lowest BCUT2D eigenvalue weighted by molar-refractivity contribution is 0.0168. The molecule has 1 fully saturated rings. The van der Waals surface area contributed by atoms with Crippen LogP contribution in [0.2, 0.25) is 0 Å². The summed E-state index contributed by atoms with van der Waals surface area (Å²) in [7, 11) is -3.34. The molecule has 5 nitrogen and oxygen atoms in total. The van der Waals surface area contributed by atoms with Gasteiger partial charge in [0, 0.05) is 6.61 Å². The van der Waals surface area contributed by atoms with Gasteiger partial charge >= 0.3 is 7.60 Å². The SMILES string of the molecule is CCOP(=O)(OCC)C(C#N)CC/C=C(\C)CC1CCCCO1. The smallest absolute Gasteiger partial charge is 0.347 e. The molecule has 23 heavy (non-hydrogen) atoms. The zero-order valence-corrected chi connectivity index (χ0v) is 15.5. The standard InChI is InChI=1S/C17H30NO4P/c1-4-21-23(19,22-5-2)17(14-18)11-8-9-15(3)13-16-10-6-7-12-20-16/h9,16-17H,4-8,10-13H2,1-3H3/b15-9+. The van der Waals surface area contributed by atoms with Gasteiger partial charge in [-0.3, -0.25) is 4.57 Å². The van der Waals surface area contributed by atoms with Crippen molar-refractivity contribution in [1.29, 1.82) is 5.26 Å². The summed E-state index contributed by atoms with van der Waals surface area (Å²) in [5, 5.41) is 9.32. The Morgan fingerprint density at radius 1 is 1.39 bits per heavy atom. The minimum absolute atomic E-state index is 0.281. The molecule has 0 aromatic heterocycles. The molecule has 1 rings (SSSR count). The van der Waals surface area contributed by atoms with E-state index >= 15 is 0 Å². The highest BCUT2D eigenvalue weighted by Gasteiger charge is 2.35. The molecule has 132 valence electrons. The summed E-state index contributed by atoms with van der Waals surface area (Å²) < 4.78 is 28.9. The molecular formula is C17H30NO4P. The Balaban J connectivity index is 2.50. The quantitative estimate of drug-likeness (QED) is 0.420. The Bertz CT molecular complexity index is 442. The molecule has 1 saturated heterocycles. The van der Waals surface area contributed by atoms with Gasteiger partial charge in [0.1, 0.15) is 5.66 Å². The maximum Gasteiger partial charge on any atom is 0.347 e. The van der Waals surface area contributed by atoms with Crippen LogP contribution in [0.25, 0.3) is 0 Å². The van der Waals surface area contributed by atoms with Crippen LogP contribution in [-0.2, 0) is 18.3 Å². The number of allylic oxidation sites excluding steroid dienone is 1. The lowest BCUT2D eigenvalue weighted by atomic mass is 10.0. The Labute approximate surface area is 140 Å². The van der Waals surface area contributed by atoms with Crippen LogP contribution in [0, 0.1) is 11.3 Å². The van der Waals surface area contributed by atoms with Crippen molar-refractivity contribution in [3.8, 4) is 6.07 Å². The maximum absolute atomic E-state index is 12.6. The molecule has 0 saturated carbocycles. The Morgan fingerprint density at radius 3 is 2.61 bits per heavy atom. The molecule has 0 radical (unpaired) electrons. The van der Waals surface area contributed by atoms with Crippen LogP contribution < -0.4 is 0 Å². The maximum atomic E-state index is 12.6. The van der Waals surface area contributed by atoms with E-state index in [1.807, 2.05) is 0 Å². The van der Waals surface area contributed by atoms with Crippen molar-refractivity contribution in [2.24, 2.45) is 0 Å². The predicted molar refractivity (Wildman–Crippen MR) is 91.5 cm³/mol. The third-order valence-electron chi connectivity index (χ3n) is 3.91. The largest absolute Gasteiger partial charge is 0.378 e. The van der Waals surface area contributed by atoms with Crippen LogP contribution in [0.5, 0.6) is 0 Å². The first-order valence-corrected chi connectivity index (χ1v) is 10.2. The summed E-state index contributed by atoms with van der Waals surface area (Å²) in [6.07, 6.45) is 8.07. The molecule has 0 aromatic rings. The van der Waals surface area contributed by atoms with E-state index < -0.39 is 13.3 Å². The first-order valence-electron chi connectivity index (χ1n) is 8.61. The van der Waals surface area contributed by atoms with E-state index in [2.05, 4.69) is 19.1 Å². The summed E-state index contributed by atoms with van der Waals surface area (Å²) in [5.41, 5.74) is 0.550. The Hall–Kier alpha value is -0.660. The van der Waals surface area contributed by atoms with Crippen LogP contribution in [0.1, 0.15) is 59.3 Å². The molecule has 0 aromatic carbocycles. The molecule has 6 heteroatoms. The average Bonchev–Trinajstić information content (AvgIpc) is 2.53. The minimum Gasteiger partial charge on any atom is -0.378 e. The molecule has 2 unspecified atom stereocenters. The summed E-state index contributed by atoms with van der Waals surface area (Å²) in [6.45, 7) is 7.03. The van der Waals surface area contributed by atoms with E-state index in [1.165, 1.54) is 12.0 Å². The average molecular weight is 343 g/mol. The monoisotopic (exact) mass is 343 g/mol. The predicted octanol–water partition coefficient (Wildman–Crippen LogP) is 4.83. The highest BCUT2D eigenvalue weighted by molar-refractivity contribution is 7.55. The highest BCUT2D eigenvalue weighted by atomic mass is 31.2. The highest BCUT2D eigenvalue weighted by Crippen LogP contribution is 2.54. The van der Waals surface area contributed by atoms with Gasteiger partial charge in [0.2, 0.25) is 0 Å². The lowest BCUT2D eigenvalue weighted by Gasteiger charge is -2.23. The number of nitrogens with zero attached hydrogens (tertiary/aromatic N) is 1. The zero-order chi connectivity index (χ0) is 17.1. The molecule has 0 N–H and O–H groups in total. The van der Waals surface area contributed by atoms with Gasteiger partial charge in [-0.05, 0) is 59.3 Å². The molecule has 1 heterocycles. The second-order valence-electron chi connectivity index (χ2n) is 5.84. The second-order valence-corrected chi connectivity index (χ2v) is 8.06. The van der Waals surface area contributed by atoms with Gasteiger partial charge in [0.05, 0.1) is 25.4 Å². The summed E-state index contributed by atoms with van der Waals surface area (Å²) in [6, 6.07) is 2.10. The number of ether oxygens (including phenoxy) is 1. The Morgan fingerprint density at radius 2 is 2.09 bits per heavy atom. The fourth-order valence-corrected chi connectivity index (χ4v) is 4.53. The van der Waals surface area contributed by atoms with E-state index in [0.29, 0.717) is 18.9 Å². The van der Waals surface area contributed by atoms with E-state index in [4.69, 9.17) is 13.8 Å². The van der Waals surface area contributed by atoms with Crippen molar-refractivity contribution in [3.63, 3.8) is 0 Å². The van der Waals surface area contributed by atoms with Crippen LogP contribution in [0.3, 0.4) is 0 Å². The van der Waals surface area contributed by atoms with Crippen LogP contribution in [0.15, 0.2) is 11.6 Å². The molecule has 0 spiro atoms. The van der Waals surface area contributed by atoms with Crippen molar-refractivity contribution in [2.45, 2.75) is 71.1 Å². The van der Waals surface area contributed by atoms with Gasteiger partial charge in [0.15, 0.2) is 0 Å². The van der Waals surface area contributed by atoms with Crippen LogP contribution in [-0.4, -0.2) is 31.6 Å². The summed E-state index contributed by atoms with van der Waals surface area (Å²) in [5.74, 6) is 0. The van der Waals surface area contributed by atoms with E-state index in [0.717, 1.165) is 25.9 Å². The molecule has 0 bridgehead atoms. The first kappa shape index (κ1) is 20.4. The van der Waals surface area contributed by atoms with Gasteiger partial charge in [0.25, 0.3) is 0 Å². The van der Waals surface area contributed by atoms with Crippen LogP contribution in [0.4, 0.5) is 0 Å². The molecule has 1 aliphatic heterocycles. The van der Waals surface area contributed by atoms with Crippen molar-refractivity contribution in [2.75, 3.05) is 19.8 Å². The lowest BCUT2D eigenvalue weighted by Crippen LogP contribution is -2.19. The van der Waals surface area contributed by atoms with Crippen LogP contribution >= 0.6 is 7.60 Å². The molecule has 1 aliphatic rings. The van der Waals surface area contributed by atoms with Gasteiger partial charge in [-0.25, -0.2) is 0 Å². The summed E-state index contributed by atoms with van der Waals surface area (Å²) in [4.78, 5) is 0. The molecule has 0 amide bonds. The van der Waals surface area contributed by atoms with Crippen molar-refractivity contribution in [3.05, 3.63) is 11.6 Å². The fourth-order valence-electron chi connectivity index (χ4n) is 2.77.